The zero-order valence-electron chi connectivity index (χ0n) is 8.25. The second kappa shape index (κ2) is 5.20. The van der Waals surface area contributed by atoms with Crippen LogP contribution < -0.4 is 4.74 Å². The standard InChI is InChI=1S/C11H12INO/c1-8(2)7-14-10-3-4-11(12)9(5-10)6-13/h3-5,8H,7H2,1-2H3. The Hall–Kier alpha value is -0.760. The van der Waals surface area contributed by atoms with Crippen LogP contribution in [0, 0.1) is 20.8 Å². The number of hydrogen-bond donors (Lipinski definition) is 0. The first-order chi connectivity index (χ1) is 6.63. The minimum absolute atomic E-state index is 0.500. The molecule has 0 bridgehead atoms. The van der Waals surface area contributed by atoms with Crippen LogP contribution >= 0.6 is 22.6 Å². The summed E-state index contributed by atoms with van der Waals surface area (Å²) >= 11 is 2.14. The monoisotopic (exact) mass is 301 g/mol. The lowest BCUT2D eigenvalue weighted by atomic mass is 10.2. The third kappa shape index (κ3) is 3.18. The SMILES string of the molecule is CC(C)COc1ccc(I)c(C#N)c1. The molecule has 14 heavy (non-hydrogen) atoms. The smallest absolute Gasteiger partial charge is 0.120 e. The van der Waals surface area contributed by atoms with Crippen LogP contribution in [0.2, 0.25) is 0 Å². The lowest BCUT2D eigenvalue weighted by molar-refractivity contribution is 0.271. The van der Waals surface area contributed by atoms with Crippen molar-refractivity contribution in [2.24, 2.45) is 5.92 Å². The fraction of sp³-hybridized carbons (Fsp3) is 0.364. The van der Waals surface area contributed by atoms with Crippen molar-refractivity contribution < 1.29 is 4.74 Å². The van der Waals surface area contributed by atoms with E-state index in [0.29, 0.717) is 18.1 Å². The zero-order valence-corrected chi connectivity index (χ0v) is 10.4. The van der Waals surface area contributed by atoms with Crippen molar-refractivity contribution in [2.75, 3.05) is 6.61 Å². The molecule has 0 spiro atoms. The second-order valence-electron chi connectivity index (χ2n) is 3.46. The Morgan fingerprint density at radius 3 is 2.79 bits per heavy atom. The van der Waals surface area contributed by atoms with Gasteiger partial charge in [-0.2, -0.15) is 5.26 Å². The molecule has 2 nitrogen and oxygen atoms in total. The van der Waals surface area contributed by atoms with Crippen molar-refractivity contribution in [3.63, 3.8) is 0 Å². The van der Waals surface area contributed by atoms with Crippen LogP contribution in [0.3, 0.4) is 0 Å². The third-order valence-electron chi connectivity index (χ3n) is 1.64. The van der Waals surface area contributed by atoms with Gasteiger partial charge in [0.15, 0.2) is 0 Å². The molecule has 0 saturated heterocycles. The van der Waals surface area contributed by atoms with Gasteiger partial charge in [0.2, 0.25) is 0 Å². The van der Waals surface area contributed by atoms with Crippen molar-refractivity contribution in [1.82, 2.24) is 0 Å². The summed E-state index contributed by atoms with van der Waals surface area (Å²) in [6, 6.07) is 7.71. The van der Waals surface area contributed by atoms with E-state index >= 15 is 0 Å². The highest BCUT2D eigenvalue weighted by atomic mass is 127. The molecule has 0 aromatic heterocycles. The van der Waals surface area contributed by atoms with Crippen molar-refractivity contribution in [3.05, 3.63) is 27.3 Å². The zero-order chi connectivity index (χ0) is 10.6. The first kappa shape index (κ1) is 11.3. The minimum Gasteiger partial charge on any atom is -0.493 e. The normalized spacial score (nSPS) is 9.93. The van der Waals surface area contributed by atoms with Gasteiger partial charge < -0.3 is 4.74 Å². The molecule has 0 fully saturated rings. The van der Waals surface area contributed by atoms with E-state index in [4.69, 9.17) is 10.00 Å². The Balaban J connectivity index is 2.76. The molecule has 0 saturated carbocycles. The lowest BCUT2D eigenvalue weighted by Gasteiger charge is -2.08. The molecule has 0 heterocycles. The van der Waals surface area contributed by atoms with Gasteiger partial charge >= 0.3 is 0 Å². The van der Waals surface area contributed by atoms with Crippen LogP contribution in [0.15, 0.2) is 18.2 Å². The molecule has 0 radical (unpaired) electrons. The Labute approximate surface area is 98.0 Å². The number of nitriles is 1. The summed E-state index contributed by atoms with van der Waals surface area (Å²) in [4.78, 5) is 0. The molecule has 1 rings (SSSR count). The summed E-state index contributed by atoms with van der Waals surface area (Å²) in [5, 5.41) is 8.81. The average molecular weight is 301 g/mol. The molecule has 74 valence electrons. The lowest BCUT2D eigenvalue weighted by Crippen LogP contribution is -2.04. The molecular weight excluding hydrogens is 289 g/mol. The fourth-order valence-corrected chi connectivity index (χ4v) is 1.40. The molecule has 1 aromatic carbocycles. The van der Waals surface area contributed by atoms with Crippen molar-refractivity contribution >= 4 is 22.6 Å². The number of hydrogen-bond acceptors (Lipinski definition) is 2. The van der Waals surface area contributed by atoms with Crippen LogP contribution in [0.25, 0.3) is 0 Å². The average Bonchev–Trinajstić information content (AvgIpc) is 2.16. The van der Waals surface area contributed by atoms with Crippen molar-refractivity contribution in [1.29, 1.82) is 5.26 Å². The Morgan fingerprint density at radius 1 is 1.50 bits per heavy atom. The number of benzene rings is 1. The van der Waals surface area contributed by atoms with E-state index < -0.39 is 0 Å². The third-order valence-corrected chi connectivity index (χ3v) is 2.58. The summed E-state index contributed by atoms with van der Waals surface area (Å²) in [7, 11) is 0. The molecule has 1 aromatic rings. The number of nitrogens with zero attached hydrogens (tertiary/aromatic N) is 1. The van der Waals surface area contributed by atoms with Gasteiger partial charge in [-0.05, 0) is 46.7 Å². The summed E-state index contributed by atoms with van der Waals surface area (Å²) in [6.07, 6.45) is 0. The first-order valence-corrected chi connectivity index (χ1v) is 5.54. The van der Waals surface area contributed by atoms with Gasteiger partial charge in [0.25, 0.3) is 0 Å². The fourth-order valence-electron chi connectivity index (χ4n) is 0.943. The Morgan fingerprint density at radius 2 is 2.21 bits per heavy atom. The van der Waals surface area contributed by atoms with Crippen LogP contribution in [-0.4, -0.2) is 6.61 Å². The van der Waals surface area contributed by atoms with E-state index in [1.54, 1.807) is 6.07 Å². The van der Waals surface area contributed by atoms with Gasteiger partial charge in [0, 0.05) is 3.57 Å². The highest BCUT2D eigenvalue weighted by Crippen LogP contribution is 2.19. The van der Waals surface area contributed by atoms with Gasteiger partial charge in [-0.3, -0.25) is 0 Å². The summed E-state index contributed by atoms with van der Waals surface area (Å²) < 4.78 is 6.47. The van der Waals surface area contributed by atoms with Gasteiger partial charge in [-0.25, -0.2) is 0 Å². The topological polar surface area (TPSA) is 33.0 Å². The molecular formula is C11H12INO. The highest BCUT2D eigenvalue weighted by Gasteiger charge is 2.02. The first-order valence-electron chi connectivity index (χ1n) is 4.46. The minimum atomic E-state index is 0.500. The predicted molar refractivity (Wildman–Crippen MR) is 64.2 cm³/mol. The maximum absolute atomic E-state index is 8.81. The van der Waals surface area contributed by atoms with E-state index in [1.807, 2.05) is 12.1 Å². The van der Waals surface area contributed by atoms with Crippen molar-refractivity contribution in [3.8, 4) is 11.8 Å². The quantitative estimate of drug-likeness (QED) is 0.803. The van der Waals surface area contributed by atoms with Gasteiger partial charge in [0.1, 0.15) is 11.8 Å². The predicted octanol–water partition coefficient (Wildman–Crippen LogP) is 3.20. The maximum Gasteiger partial charge on any atom is 0.120 e. The molecule has 0 N–H and O–H groups in total. The Kier molecular flexibility index (Phi) is 4.21. The van der Waals surface area contributed by atoms with Crippen LogP contribution in [0.1, 0.15) is 19.4 Å². The van der Waals surface area contributed by atoms with E-state index in [2.05, 4.69) is 42.5 Å². The summed E-state index contributed by atoms with van der Waals surface area (Å²) in [6.45, 7) is 4.88. The summed E-state index contributed by atoms with van der Waals surface area (Å²) in [5.41, 5.74) is 0.673. The second-order valence-corrected chi connectivity index (χ2v) is 4.62. The number of rotatable bonds is 3. The van der Waals surface area contributed by atoms with Gasteiger partial charge in [0.05, 0.1) is 12.2 Å². The largest absolute Gasteiger partial charge is 0.493 e. The Bertz CT molecular complexity index is 355. The number of ether oxygens (including phenoxy) is 1. The molecule has 0 aliphatic heterocycles. The van der Waals surface area contributed by atoms with Crippen molar-refractivity contribution in [2.45, 2.75) is 13.8 Å². The highest BCUT2D eigenvalue weighted by molar-refractivity contribution is 14.1. The molecule has 0 atom stereocenters. The van der Waals surface area contributed by atoms with Crippen LogP contribution in [0.4, 0.5) is 0 Å². The molecule has 0 aliphatic rings. The van der Waals surface area contributed by atoms with E-state index in [1.165, 1.54) is 0 Å². The van der Waals surface area contributed by atoms with Gasteiger partial charge in [-0.15, -0.1) is 0 Å². The number of halogens is 1. The maximum atomic E-state index is 8.81. The van der Waals surface area contributed by atoms with E-state index in [9.17, 15) is 0 Å². The van der Waals surface area contributed by atoms with Crippen LogP contribution in [-0.2, 0) is 0 Å². The van der Waals surface area contributed by atoms with E-state index in [-0.39, 0.29) is 0 Å². The summed E-state index contributed by atoms with van der Waals surface area (Å²) in [5.74, 6) is 1.27. The molecule has 0 amide bonds. The molecule has 0 unspecified atom stereocenters. The van der Waals surface area contributed by atoms with Crippen LogP contribution in [0.5, 0.6) is 5.75 Å². The van der Waals surface area contributed by atoms with Gasteiger partial charge in [-0.1, -0.05) is 13.8 Å². The van der Waals surface area contributed by atoms with E-state index in [0.717, 1.165) is 9.32 Å². The molecule has 3 heteroatoms. The molecule has 0 aliphatic carbocycles.